The highest BCUT2D eigenvalue weighted by atomic mass is 127. The molecule has 2 N–H and O–H groups in total. The molecule has 0 spiro atoms. The summed E-state index contributed by atoms with van der Waals surface area (Å²) in [5.41, 5.74) is 1.19. The number of halogens is 1. The van der Waals surface area contributed by atoms with Crippen LogP contribution in [-0.2, 0) is 0 Å². The van der Waals surface area contributed by atoms with Crippen molar-refractivity contribution in [3.05, 3.63) is 42.5 Å². The van der Waals surface area contributed by atoms with Crippen molar-refractivity contribution in [2.75, 3.05) is 19.6 Å². The molecule has 1 unspecified atom stereocenters. The van der Waals surface area contributed by atoms with Gasteiger partial charge in [-0.25, -0.2) is 4.99 Å². The van der Waals surface area contributed by atoms with Crippen LogP contribution in [0.2, 0.25) is 0 Å². The van der Waals surface area contributed by atoms with Gasteiger partial charge in [0.15, 0.2) is 5.96 Å². The molecule has 1 aromatic carbocycles. The van der Waals surface area contributed by atoms with Crippen molar-refractivity contribution in [1.82, 2.24) is 10.6 Å². The summed E-state index contributed by atoms with van der Waals surface area (Å²) in [6.45, 7) is 11.9. The minimum atomic E-state index is 0. The fraction of sp³-hybridized carbons (Fsp3) is 0.438. The summed E-state index contributed by atoms with van der Waals surface area (Å²) >= 11 is 0. The third kappa shape index (κ3) is 8.60. The molecule has 21 heavy (non-hydrogen) atoms. The summed E-state index contributed by atoms with van der Waals surface area (Å²) in [6.07, 6.45) is 1.83. The fourth-order valence-corrected chi connectivity index (χ4v) is 1.69. The first kappa shape index (κ1) is 19.8. The zero-order valence-corrected chi connectivity index (χ0v) is 15.4. The molecule has 1 aromatic rings. The van der Waals surface area contributed by atoms with Crippen LogP contribution < -0.4 is 15.4 Å². The molecule has 0 aliphatic heterocycles. The van der Waals surface area contributed by atoms with Crippen LogP contribution in [-0.4, -0.2) is 31.7 Å². The second kappa shape index (κ2) is 11.4. The third-order valence-electron chi connectivity index (χ3n) is 2.59. The molecule has 0 aliphatic carbocycles. The van der Waals surface area contributed by atoms with Gasteiger partial charge in [0, 0.05) is 13.1 Å². The molecule has 0 heterocycles. The predicted molar refractivity (Wildman–Crippen MR) is 101 cm³/mol. The standard InChI is InChI=1S/C16H25N3O.HI/c1-5-10-18-16(17-6-2)19-12-14(4)20-15-9-7-8-13(3)11-15;/h5,7-9,11,14H,1,6,10,12H2,2-4H3,(H2,17,18,19);1H. The maximum atomic E-state index is 5.85. The molecule has 0 aromatic heterocycles. The van der Waals surface area contributed by atoms with Crippen LogP contribution in [0.5, 0.6) is 5.75 Å². The molecule has 0 aliphatic rings. The van der Waals surface area contributed by atoms with Crippen molar-refractivity contribution in [2.24, 2.45) is 4.99 Å². The van der Waals surface area contributed by atoms with E-state index >= 15 is 0 Å². The number of nitrogens with one attached hydrogen (secondary N) is 2. The minimum Gasteiger partial charge on any atom is -0.489 e. The molecule has 0 bridgehead atoms. The molecule has 118 valence electrons. The smallest absolute Gasteiger partial charge is 0.191 e. The second-order valence-electron chi connectivity index (χ2n) is 4.63. The van der Waals surface area contributed by atoms with Gasteiger partial charge in [0.2, 0.25) is 0 Å². The van der Waals surface area contributed by atoms with E-state index in [1.165, 1.54) is 5.56 Å². The average Bonchev–Trinajstić information content (AvgIpc) is 2.42. The summed E-state index contributed by atoms with van der Waals surface area (Å²) in [4.78, 5) is 4.49. The number of aliphatic imine (C=N–C) groups is 1. The van der Waals surface area contributed by atoms with Crippen LogP contribution in [0.25, 0.3) is 0 Å². The number of guanidine groups is 1. The Morgan fingerprint density at radius 2 is 2.19 bits per heavy atom. The molecule has 5 heteroatoms. The van der Waals surface area contributed by atoms with Crippen molar-refractivity contribution >= 4 is 29.9 Å². The van der Waals surface area contributed by atoms with Crippen molar-refractivity contribution in [2.45, 2.75) is 26.9 Å². The molecule has 1 atom stereocenters. The number of rotatable bonds is 7. The number of benzene rings is 1. The van der Waals surface area contributed by atoms with Crippen LogP contribution in [0.15, 0.2) is 41.9 Å². The van der Waals surface area contributed by atoms with E-state index in [1.54, 1.807) is 6.08 Å². The van der Waals surface area contributed by atoms with E-state index in [2.05, 4.69) is 35.2 Å². The third-order valence-corrected chi connectivity index (χ3v) is 2.59. The van der Waals surface area contributed by atoms with Crippen LogP contribution in [0, 0.1) is 6.92 Å². The highest BCUT2D eigenvalue weighted by Gasteiger charge is 2.04. The lowest BCUT2D eigenvalue weighted by atomic mass is 10.2. The van der Waals surface area contributed by atoms with Crippen LogP contribution in [0.4, 0.5) is 0 Å². The minimum absolute atomic E-state index is 0. The number of ether oxygens (including phenoxy) is 1. The SMILES string of the molecule is C=CCNC(=NCC(C)Oc1cccc(C)c1)NCC.I. The van der Waals surface area contributed by atoms with E-state index in [4.69, 9.17) is 4.74 Å². The Kier molecular flexibility index (Phi) is 10.7. The van der Waals surface area contributed by atoms with Gasteiger partial charge in [0.1, 0.15) is 11.9 Å². The van der Waals surface area contributed by atoms with Gasteiger partial charge in [-0.05, 0) is 38.5 Å². The van der Waals surface area contributed by atoms with E-state index < -0.39 is 0 Å². The maximum absolute atomic E-state index is 5.85. The molecular formula is C16H26IN3O. The van der Waals surface area contributed by atoms with E-state index in [9.17, 15) is 0 Å². The zero-order chi connectivity index (χ0) is 14.8. The lowest BCUT2D eigenvalue weighted by Gasteiger charge is -2.15. The van der Waals surface area contributed by atoms with Crippen molar-refractivity contribution in [3.8, 4) is 5.75 Å². The first-order valence-corrected chi connectivity index (χ1v) is 7.02. The Morgan fingerprint density at radius 1 is 1.43 bits per heavy atom. The quantitative estimate of drug-likeness (QED) is 0.318. The topological polar surface area (TPSA) is 45.7 Å². The van der Waals surface area contributed by atoms with Crippen molar-refractivity contribution in [3.63, 3.8) is 0 Å². The van der Waals surface area contributed by atoms with Gasteiger partial charge in [-0.1, -0.05) is 18.2 Å². The molecule has 0 radical (unpaired) electrons. The largest absolute Gasteiger partial charge is 0.489 e. The van der Waals surface area contributed by atoms with E-state index in [0.717, 1.165) is 18.3 Å². The molecule has 0 fully saturated rings. The Labute approximate surface area is 145 Å². The van der Waals surface area contributed by atoms with Crippen LogP contribution in [0.3, 0.4) is 0 Å². The summed E-state index contributed by atoms with van der Waals surface area (Å²) in [5.74, 6) is 1.67. The van der Waals surface area contributed by atoms with Gasteiger partial charge in [-0.3, -0.25) is 0 Å². The molecular weight excluding hydrogens is 377 g/mol. The van der Waals surface area contributed by atoms with Crippen LogP contribution >= 0.6 is 24.0 Å². The summed E-state index contributed by atoms with van der Waals surface area (Å²) < 4.78 is 5.85. The Balaban J connectivity index is 0.00000400. The summed E-state index contributed by atoms with van der Waals surface area (Å²) in [5, 5.41) is 6.35. The van der Waals surface area contributed by atoms with E-state index in [0.29, 0.717) is 13.1 Å². The number of nitrogens with zero attached hydrogens (tertiary/aromatic N) is 1. The molecule has 0 amide bonds. The number of hydrogen-bond acceptors (Lipinski definition) is 2. The van der Waals surface area contributed by atoms with Gasteiger partial charge in [-0.15, -0.1) is 30.6 Å². The first-order chi connectivity index (χ1) is 9.65. The van der Waals surface area contributed by atoms with E-state index in [-0.39, 0.29) is 30.1 Å². The van der Waals surface area contributed by atoms with Gasteiger partial charge in [-0.2, -0.15) is 0 Å². The average molecular weight is 403 g/mol. The van der Waals surface area contributed by atoms with Crippen molar-refractivity contribution in [1.29, 1.82) is 0 Å². The van der Waals surface area contributed by atoms with Crippen LogP contribution in [0.1, 0.15) is 19.4 Å². The first-order valence-electron chi connectivity index (χ1n) is 7.02. The molecule has 0 saturated heterocycles. The summed E-state index contributed by atoms with van der Waals surface area (Å²) in [7, 11) is 0. The number of aryl methyl sites for hydroxylation is 1. The second-order valence-corrected chi connectivity index (χ2v) is 4.63. The number of hydrogen-bond donors (Lipinski definition) is 2. The monoisotopic (exact) mass is 403 g/mol. The Morgan fingerprint density at radius 3 is 2.81 bits per heavy atom. The molecule has 1 rings (SSSR count). The van der Waals surface area contributed by atoms with Gasteiger partial charge in [0.25, 0.3) is 0 Å². The van der Waals surface area contributed by atoms with Crippen molar-refractivity contribution < 1.29 is 4.74 Å². The van der Waals surface area contributed by atoms with Gasteiger partial charge >= 0.3 is 0 Å². The Bertz CT molecular complexity index is 449. The Hall–Kier alpha value is -1.24. The maximum Gasteiger partial charge on any atom is 0.191 e. The fourth-order valence-electron chi connectivity index (χ4n) is 1.69. The van der Waals surface area contributed by atoms with E-state index in [1.807, 2.05) is 32.0 Å². The lowest BCUT2D eigenvalue weighted by Crippen LogP contribution is -2.38. The summed E-state index contributed by atoms with van der Waals surface area (Å²) in [6, 6.07) is 8.05. The lowest BCUT2D eigenvalue weighted by molar-refractivity contribution is 0.230. The highest BCUT2D eigenvalue weighted by Crippen LogP contribution is 2.14. The molecule has 0 saturated carbocycles. The molecule has 4 nitrogen and oxygen atoms in total. The highest BCUT2D eigenvalue weighted by molar-refractivity contribution is 14.0. The van der Waals surface area contributed by atoms with Gasteiger partial charge < -0.3 is 15.4 Å². The van der Waals surface area contributed by atoms with Gasteiger partial charge in [0.05, 0.1) is 6.54 Å². The normalized spacial score (nSPS) is 12.0. The zero-order valence-electron chi connectivity index (χ0n) is 13.1. The predicted octanol–water partition coefficient (Wildman–Crippen LogP) is 3.12.